The molecule has 0 amide bonds. The van der Waals surface area contributed by atoms with Crippen LogP contribution < -0.4 is 20.1 Å². The molecule has 29 heavy (non-hydrogen) atoms. The third kappa shape index (κ3) is 7.08. The van der Waals surface area contributed by atoms with Crippen LogP contribution in [0.3, 0.4) is 0 Å². The summed E-state index contributed by atoms with van der Waals surface area (Å²) < 4.78 is 16.7. The van der Waals surface area contributed by atoms with Crippen molar-refractivity contribution >= 4 is 5.96 Å². The van der Waals surface area contributed by atoms with Crippen molar-refractivity contribution in [2.45, 2.75) is 38.3 Å². The molecule has 3 rings (SSSR count). The maximum Gasteiger partial charge on any atom is 0.191 e. The Morgan fingerprint density at radius 2 is 2.07 bits per heavy atom. The fourth-order valence-electron chi connectivity index (χ4n) is 3.93. The van der Waals surface area contributed by atoms with Gasteiger partial charge in [-0.2, -0.15) is 0 Å². The van der Waals surface area contributed by atoms with Gasteiger partial charge in [-0.25, -0.2) is 0 Å². The molecule has 2 N–H and O–H groups in total. The number of piperidine rings is 1. The number of hydrogen-bond acceptors (Lipinski definition) is 5. The maximum absolute atomic E-state index is 5.98. The van der Waals surface area contributed by atoms with Gasteiger partial charge in [-0.15, -0.1) is 0 Å². The van der Waals surface area contributed by atoms with Crippen molar-refractivity contribution in [3.05, 3.63) is 24.3 Å². The van der Waals surface area contributed by atoms with E-state index in [1.165, 1.54) is 13.0 Å². The predicted molar refractivity (Wildman–Crippen MR) is 116 cm³/mol. The van der Waals surface area contributed by atoms with Crippen LogP contribution in [-0.2, 0) is 4.74 Å². The minimum Gasteiger partial charge on any atom is -0.497 e. The van der Waals surface area contributed by atoms with Crippen LogP contribution in [0.1, 0.15) is 26.2 Å². The molecule has 0 spiro atoms. The first-order chi connectivity index (χ1) is 14.2. The third-order valence-electron chi connectivity index (χ3n) is 5.63. The summed E-state index contributed by atoms with van der Waals surface area (Å²) in [4.78, 5) is 6.96. The van der Waals surface area contributed by atoms with Gasteiger partial charge in [0, 0.05) is 45.4 Å². The van der Waals surface area contributed by atoms with Crippen molar-refractivity contribution in [1.82, 2.24) is 15.5 Å². The number of guanidine groups is 1. The smallest absolute Gasteiger partial charge is 0.191 e. The van der Waals surface area contributed by atoms with Gasteiger partial charge in [0.1, 0.15) is 17.6 Å². The maximum atomic E-state index is 5.98. The molecule has 1 aromatic carbocycles. The normalized spacial score (nSPS) is 22.3. The molecule has 7 nitrogen and oxygen atoms in total. The molecule has 0 bridgehead atoms. The van der Waals surface area contributed by atoms with E-state index in [4.69, 9.17) is 14.2 Å². The highest BCUT2D eigenvalue weighted by atomic mass is 16.5. The van der Waals surface area contributed by atoms with Crippen LogP contribution in [-0.4, -0.2) is 76.6 Å². The first-order valence-electron chi connectivity index (χ1n) is 10.7. The quantitative estimate of drug-likeness (QED) is 0.511. The highest BCUT2D eigenvalue weighted by Crippen LogP contribution is 2.20. The Labute approximate surface area is 174 Å². The summed E-state index contributed by atoms with van der Waals surface area (Å²) in [6, 6.07) is 8.15. The largest absolute Gasteiger partial charge is 0.497 e. The van der Waals surface area contributed by atoms with Gasteiger partial charge in [0.2, 0.25) is 0 Å². The molecule has 0 radical (unpaired) electrons. The molecule has 2 unspecified atom stereocenters. The van der Waals surface area contributed by atoms with Gasteiger partial charge in [-0.1, -0.05) is 6.07 Å². The number of rotatable bonds is 8. The van der Waals surface area contributed by atoms with E-state index in [0.29, 0.717) is 12.6 Å². The molecule has 2 heterocycles. The number of nitrogens with one attached hydrogen (secondary N) is 2. The fourth-order valence-corrected chi connectivity index (χ4v) is 3.93. The van der Waals surface area contributed by atoms with Gasteiger partial charge in [0.25, 0.3) is 0 Å². The Hall–Kier alpha value is -1.99. The number of hydrogen-bond donors (Lipinski definition) is 2. The van der Waals surface area contributed by atoms with Crippen molar-refractivity contribution < 1.29 is 14.2 Å². The van der Waals surface area contributed by atoms with Gasteiger partial charge >= 0.3 is 0 Å². The summed E-state index contributed by atoms with van der Waals surface area (Å²) in [5, 5.41) is 6.96. The molecule has 1 aromatic rings. The number of likely N-dealkylation sites (tertiary alicyclic amines) is 1. The number of benzene rings is 1. The van der Waals surface area contributed by atoms with E-state index in [0.717, 1.165) is 62.5 Å². The highest BCUT2D eigenvalue weighted by molar-refractivity contribution is 5.80. The Kier molecular flexibility index (Phi) is 8.43. The van der Waals surface area contributed by atoms with Crippen molar-refractivity contribution in [3.63, 3.8) is 0 Å². The van der Waals surface area contributed by atoms with Crippen LogP contribution in [0.5, 0.6) is 11.5 Å². The summed E-state index contributed by atoms with van der Waals surface area (Å²) in [6.07, 6.45) is 3.51. The molecule has 162 valence electrons. The lowest BCUT2D eigenvalue weighted by atomic mass is 10.0. The van der Waals surface area contributed by atoms with Crippen LogP contribution in [0.4, 0.5) is 0 Å². The topological polar surface area (TPSA) is 67.4 Å². The van der Waals surface area contributed by atoms with Crippen LogP contribution in [0, 0.1) is 5.92 Å². The van der Waals surface area contributed by atoms with Gasteiger partial charge in [-0.05, 0) is 44.2 Å². The summed E-state index contributed by atoms with van der Waals surface area (Å²) in [6.45, 7) is 8.05. The van der Waals surface area contributed by atoms with E-state index in [-0.39, 0.29) is 6.10 Å². The second kappa shape index (κ2) is 11.3. The Balaban J connectivity index is 1.35. The second-order valence-corrected chi connectivity index (χ2v) is 8.01. The lowest BCUT2D eigenvalue weighted by molar-refractivity contribution is 0.150. The van der Waals surface area contributed by atoms with Crippen molar-refractivity contribution in [2.75, 3.05) is 53.6 Å². The molecule has 0 aliphatic carbocycles. The van der Waals surface area contributed by atoms with E-state index in [1.807, 2.05) is 38.2 Å². The summed E-state index contributed by atoms with van der Waals surface area (Å²) in [7, 11) is 3.48. The van der Waals surface area contributed by atoms with Crippen molar-refractivity contribution in [1.29, 1.82) is 0 Å². The molecule has 2 atom stereocenters. The minimum atomic E-state index is 0.0103. The zero-order chi connectivity index (χ0) is 20.5. The van der Waals surface area contributed by atoms with Crippen LogP contribution in [0.15, 0.2) is 29.3 Å². The summed E-state index contributed by atoms with van der Waals surface area (Å²) >= 11 is 0. The summed E-state index contributed by atoms with van der Waals surface area (Å²) in [5.74, 6) is 3.17. The molecule has 2 aliphatic rings. The summed E-state index contributed by atoms with van der Waals surface area (Å²) in [5.41, 5.74) is 0. The lowest BCUT2D eigenvalue weighted by Crippen LogP contribution is -2.50. The lowest BCUT2D eigenvalue weighted by Gasteiger charge is -2.34. The number of methoxy groups -OCH3 is 1. The second-order valence-electron chi connectivity index (χ2n) is 8.01. The average molecular weight is 405 g/mol. The van der Waals surface area contributed by atoms with E-state index >= 15 is 0 Å². The molecular formula is C22H36N4O3. The molecule has 0 saturated carbocycles. The van der Waals surface area contributed by atoms with Gasteiger partial charge in [0.05, 0.1) is 20.3 Å². The van der Waals surface area contributed by atoms with Gasteiger partial charge < -0.3 is 29.7 Å². The Morgan fingerprint density at radius 1 is 1.28 bits per heavy atom. The molecule has 2 fully saturated rings. The molecule has 2 saturated heterocycles. The predicted octanol–water partition coefficient (Wildman–Crippen LogP) is 2.13. The Bertz CT molecular complexity index is 641. The van der Waals surface area contributed by atoms with Crippen LogP contribution in [0.2, 0.25) is 0 Å². The monoisotopic (exact) mass is 404 g/mol. The van der Waals surface area contributed by atoms with E-state index in [1.54, 1.807) is 7.11 Å². The van der Waals surface area contributed by atoms with E-state index in [2.05, 4.69) is 20.5 Å². The first kappa shape index (κ1) is 21.7. The highest BCUT2D eigenvalue weighted by Gasteiger charge is 2.24. The number of ether oxygens (including phenoxy) is 3. The molecular weight excluding hydrogens is 368 g/mol. The molecule has 2 aliphatic heterocycles. The average Bonchev–Trinajstić information content (AvgIpc) is 3.25. The zero-order valence-corrected chi connectivity index (χ0v) is 18.0. The van der Waals surface area contributed by atoms with Gasteiger partial charge in [-0.3, -0.25) is 4.99 Å². The fraction of sp³-hybridized carbons (Fsp3) is 0.682. The number of nitrogens with zero attached hydrogens (tertiary/aromatic N) is 2. The third-order valence-corrected chi connectivity index (χ3v) is 5.63. The number of aliphatic imine (C=N–C) groups is 1. The van der Waals surface area contributed by atoms with Gasteiger partial charge in [0.15, 0.2) is 5.96 Å². The SMILES string of the molecule is CN=C(NCC(C)Oc1cccc(OC)c1)NC1CCN(CC2CCOC2)CC1. The first-order valence-corrected chi connectivity index (χ1v) is 10.7. The van der Waals surface area contributed by atoms with Crippen molar-refractivity contribution in [2.24, 2.45) is 10.9 Å². The van der Waals surface area contributed by atoms with E-state index in [9.17, 15) is 0 Å². The molecule has 0 aromatic heterocycles. The zero-order valence-electron chi connectivity index (χ0n) is 18.0. The minimum absolute atomic E-state index is 0.0103. The van der Waals surface area contributed by atoms with Crippen LogP contribution >= 0.6 is 0 Å². The van der Waals surface area contributed by atoms with Crippen LogP contribution in [0.25, 0.3) is 0 Å². The van der Waals surface area contributed by atoms with Crippen molar-refractivity contribution in [3.8, 4) is 11.5 Å². The standard InChI is InChI=1S/C22H36N4O3/c1-17(29-21-6-4-5-20(13-21)27-3)14-24-22(23-2)25-19-7-10-26(11-8-19)15-18-9-12-28-16-18/h4-6,13,17-19H,7-12,14-16H2,1-3H3,(H2,23,24,25). The van der Waals surface area contributed by atoms with E-state index < -0.39 is 0 Å². The Morgan fingerprint density at radius 3 is 2.76 bits per heavy atom. The molecule has 7 heteroatoms.